The summed E-state index contributed by atoms with van der Waals surface area (Å²) in [6, 6.07) is 8.43. The number of rotatable bonds is 7. The Labute approximate surface area is 149 Å². The second-order valence-corrected chi connectivity index (χ2v) is 6.83. The number of amides is 1. The first-order valence-electron chi connectivity index (χ1n) is 9.14. The Kier molecular flexibility index (Phi) is 6.81. The molecule has 2 aliphatic heterocycles. The molecule has 0 bridgehead atoms. The number of benzene rings is 1. The standard InChI is InChI=1S/C19H28N2O4/c22-17(11-20-19(23)14-25-18-6-9-24-10-7-18)13-21-8-5-15-3-1-2-4-16(15)12-21/h1-4,17-18,22H,5-14H2,(H,20,23). The van der Waals surface area contributed by atoms with Gasteiger partial charge in [-0.05, 0) is 30.4 Å². The molecule has 1 atom stereocenters. The average molecular weight is 348 g/mol. The first-order valence-corrected chi connectivity index (χ1v) is 9.14. The van der Waals surface area contributed by atoms with Gasteiger partial charge in [-0.2, -0.15) is 0 Å². The SMILES string of the molecule is O=C(COC1CCOCC1)NCC(O)CN1CCc2ccccc2C1. The fourth-order valence-corrected chi connectivity index (χ4v) is 3.39. The van der Waals surface area contributed by atoms with E-state index in [-0.39, 0.29) is 25.2 Å². The van der Waals surface area contributed by atoms with Gasteiger partial charge in [-0.3, -0.25) is 9.69 Å². The van der Waals surface area contributed by atoms with Crippen molar-refractivity contribution in [1.29, 1.82) is 0 Å². The van der Waals surface area contributed by atoms with Crippen LogP contribution in [-0.2, 0) is 27.2 Å². The number of nitrogens with one attached hydrogen (secondary N) is 1. The summed E-state index contributed by atoms with van der Waals surface area (Å²) in [5, 5.41) is 13.0. The van der Waals surface area contributed by atoms with Crippen LogP contribution in [0.15, 0.2) is 24.3 Å². The summed E-state index contributed by atoms with van der Waals surface area (Å²) in [4.78, 5) is 14.1. The molecule has 3 rings (SSSR count). The Balaban J connectivity index is 1.32. The lowest BCUT2D eigenvalue weighted by atomic mass is 10.00. The minimum atomic E-state index is -0.572. The highest BCUT2D eigenvalue weighted by molar-refractivity contribution is 5.77. The lowest BCUT2D eigenvalue weighted by molar-refractivity contribution is -0.130. The van der Waals surface area contributed by atoms with Crippen LogP contribution in [-0.4, -0.2) is 67.6 Å². The van der Waals surface area contributed by atoms with Crippen LogP contribution in [0.5, 0.6) is 0 Å². The second-order valence-electron chi connectivity index (χ2n) is 6.83. The molecule has 6 nitrogen and oxygen atoms in total. The number of hydrogen-bond acceptors (Lipinski definition) is 5. The van der Waals surface area contributed by atoms with Crippen LogP contribution < -0.4 is 5.32 Å². The molecule has 0 aromatic heterocycles. The quantitative estimate of drug-likeness (QED) is 0.760. The number of aliphatic hydroxyl groups excluding tert-OH is 1. The van der Waals surface area contributed by atoms with Crippen molar-refractivity contribution < 1.29 is 19.4 Å². The molecule has 1 unspecified atom stereocenters. The summed E-state index contributed by atoms with van der Waals surface area (Å²) in [5.74, 6) is -0.172. The summed E-state index contributed by atoms with van der Waals surface area (Å²) in [6.07, 6.45) is 2.22. The van der Waals surface area contributed by atoms with Crippen LogP contribution in [0.3, 0.4) is 0 Å². The molecule has 1 aromatic carbocycles. The molecule has 0 aliphatic carbocycles. The Hall–Kier alpha value is -1.47. The number of hydrogen-bond donors (Lipinski definition) is 2. The molecular weight excluding hydrogens is 320 g/mol. The predicted molar refractivity (Wildman–Crippen MR) is 94.2 cm³/mol. The van der Waals surface area contributed by atoms with Gasteiger partial charge in [-0.25, -0.2) is 0 Å². The number of nitrogens with zero attached hydrogens (tertiary/aromatic N) is 1. The zero-order chi connectivity index (χ0) is 17.5. The van der Waals surface area contributed by atoms with Crippen LogP contribution in [0.4, 0.5) is 0 Å². The number of β-amino-alcohol motifs (C(OH)–C–C–N with tert-alkyl or cyclic N) is 1. The largest absolute Gasteiger partial charge is 0.390 e. The van der Waals surface area contributed by atoms with E-state index in [4.69, 9.17) is 9.47 Å². The van der Waals surface area contributed by atoms with Crippen LogP contribution >= 0.6 is 0 Å². The predicted octanol–water partition coefficient (Wildman–Crippen LogP) is 0.717. The molecule has 138 valence electrons. The van der Waals surface area contributed by atoms with E-state index in [0.29, 0.717) is 19.8 Å². The maximum atomic E-state index is 11.9. The van der Waals surface area contributed by atoms with E-state index in [1.54, 1.807) is 0 Å². The maximum Gasteiger partial charge on any atom is 0.246 e. The van der Waals surface area contributed by atoms with E-state index in [2.05, 4.69) is 34.5 Å². The molecule has 2 aliphatic rings. The van der Waals surface area contributed by atoms with Crippen molar-refractivity contribution in [1.82, 2.24) is 10.2 Å². The van der Waals surface area contributed by atoms with Crippen molar-refractivity contribution in [2.24, 2.45) is 0 Å². The Morgan fingerprint density at radius 1 is 1.32 bits per heavy atom. The van der Waals surface area contributed by atoms with Gasteiger partial charge in [0.1, 0.15) is 6.61 Å². The third-order valence-corrected chi connectivity index (χ3v) is 4.83. The number of carbonyl (C=O) groups excluding carboxylic acids is 1. The van der Waals surface area contributed by atoms with Gasteiger partial charge in [0, 0.05) is 39.4 Å². The second kappa shape index (κ2) is 9.29. The molecule has 6 heteroatoms. The van der Waals surface area contributed by atoms with E-state index >= 15 is 0 Å². The molecule has 1 aromatic rings. The van der Waals surface area contributed by atoms with E-state index in [1.165, 1.54) is 11.1 Å². The van der Waals surface area contributed by atoms with Gasteiger partial charge in [0.2, 0.25) is 5.91 Å². The van der Waals surface area contributed by atoms with Crippen LogP contribution in [0.2, 0.25) is 0 Å². The normalized spacial score (nSPS) is 20.0. The highest BCUT2D eigenvalue weighted by Gasteiger charge is 2.19. The number of fused-ring (bicyclic) bond motifs is 1. The first-order chi connectivity index (χ1) is 12.2. The van der Waals surface area contributed by atoms with Crippen molar-refractivity contribution in [3.63, 3.8) is 0 Å². The third-order valence-electron chi connectivity index (χ3n) is 4.83. The minimum absolute atomic E-state index is 0.0501. The smallest absolute Gasteiger partial charge is 0.246 e. The Morgan fingerprint density at radius 2 is 2.08 bits per heavy atom. The maximum absolute atomic E-state index is 11.9. The third kappa shape index (κ3) is 5.78. The molecule has 1 amide bonds. The molecule has 25 heavy (non-hydrogen) atoms. The van der Waals surface area contributed by atoms with Gasteiger partial charge < -0.3 is 19.9 Å². The lowest BCUT2D eigenvalue weighted by Crippen LogP contribution is -2.43. The van der Waals surface area contributed by atoms with Gasteiger partial charge in [0.25, 0.3) is 0 Å². The van der Waals surface area contributed by atoms with Gasteiger partial charge in [0.15, 0.2) is 0 Å². The summed E-state index contributed by atoms with van der Waals surface area (Å²) < 4.78 is 10.8. The molecule has 1 fully saturated rings. The van der Waals surface area contributed by atoms with Gasteiger partial charge >= 0.3 is 0 Å². The molecule has 0 radical (unpaired) electrons. The molecule has 2 heterocycles. The summed E-state index contributed by atoms with van der Waals surface area (Å²) in [5.41, 5.74) is 2.72. The molecule has 0 spiro atoms. The zero-order valence-corrected chi connectivity index (χ0v) is 14.7. The number of aliphatic hydroxyl groups is 1. The van der Waals surface area contributed by atoms with E-state index in [9.17, 15) is 9.90 Å². The van der Waals surface area contributed by atoms with Gasteiger partial charge in [-0.1, -0.05) is 24.3 Å². The van der Waals surface area contributed by atoms with E-state index < -0.39 is 6.10 Å². The number of carbonyl (C=O) groups is 1. The topological polar surface area (TPSA) is 71.0 Å². The average Bonchev–Trinajstić information content (AvgIpc) is 2.65. The highest BCUT2D eigenvalue weighted by atomic mass is 16.5. The van der Waals surface area contributed by atoms with Crippen LogP contribution in [0.1, 0.15) is 24.0 Å². The Morgan fingerprint density at radius 3 is 2.88 bits per heavy atom. The minimum Gasteiger partial charge on any atom is -0.390 e. The van der Waals surface area contributed by atoms with Crippen molar-refractivity contribution in [2.75, 3.05) is 39.5 Å². The van der Waals surface area contributed by atoms with Crippen LogP contribution in [0.25, 0.3) is 0 Å². The summed E-state index contributed by atoms with van der Waals surface area (Å²) in [6.45, 7) is 4.06. The molecular formula is C19H28N2O4. The van der Waals surface area contributed by atoms with Crippen molar-refractivity contribution in [2.45, 2.75) is 38.0 Å². The first kappa shape index (κ1) is 18.3. The van der Waals surface area contributed by atoms with E-state index in [1.807, 2.05) is 0 Å². The Bertz CT molecular complexity index is 560. The van der Waals surface area contributed by atoms with Crippen molar-refractivity contribution in [3.8, 4) is 0 Å². The van der Waals surface area contributed by atoms with Crippen molar-refractivity contribution in [3.05, 3.63) is 35.4 Å². The lowest BCUT2D eigenvalue weighted by Gasteiger charge is -2.30. The highest BCUT2D eigenvalue weighted by Crippen LogP contribution is 2.18. The van der Waals surface area contributed by atoms with Crippen molar-refractivity contribution >= 4 is 5.91 Å². The van der Waals surface area contributed by atoms with Crippen LogP contribution in [0, 0.1) is 0 Å². The van der Waals surface area contributed by atoms with E-state index in [0.717, 1.165) is 32.4 Å². The monoisotopic (exact) mass is 348 g/mol. The summed E-state index contributed by atoms with van der Waals surface area (Å²) in [7, 11) is 0. The summed E-state index contributed by atoms with van der Waals surface area (Å²) >= 11 is 0. The fourth-order valence-electron chi connectivity index (χ4n) is 3.39. The zero-order valence-electron chi connectivity index (χ0n) is 14.7. The molecule has 2 N–H and O–H groups in total. The number of ether oxygens (including phenoxy) is 2. The fraction of sp³-hybridized carbons (Fsp3) is 0.632. The van der Waals surface area contributed by atoms with Gasteiger partial charge in [-0.15, -0.1) is 0 Å². The van der Waals surface area contributed by atoms with Gasteiger partial charge in [0.05, 0.1) is 12.2 Å². The molecule has 1 saturated heterocycles. The molecule has 0 saturated carbocycles.